The Morgan fingerprint density at radius 1 is 1.12 bits per heavy atom. The minimum Gasteiger partial charge on any atom is -0.340 e. The van der Waals surface area contributed by atoms with Crippen molar-refractivity contribution < 1.29 is 4.79 Å². The Hall–Kier alpha value is -1.91. The van der Waals surface area contributed by atoms with Gasteiger partial charge in [-0.05, 0) is 42.3 Å². The molecule has 128 valence electrons. The smallest absolute Gasteiger partial charge is 0.240 e. The van der Waals surface area contributed by atoms with Crippen molar-refractivity contribution in [3.05, 3.63) is 48.0 Å². The molecule has 1 heterocycles. The highest BCUT2D eigenvalue weighted by Gasteiger charge is 2.32. The van der Waals surface area contributed by atoms with E-state index in [1.54, 1.807) is 0 Å². The summed E-state index contributed by atoms with van der Waals surface area (Å²) >= 11 is 0. The van der Waals surface area contributed by atoms with E-state index >= 15 is 0 Å². The number of nitrogens with zero attached hydrogens (tertiary/aromatic N) is 2. The Labute approximate surface area is 144 Å². The third-order valence-electron chi connectivity index (χ3n) is 5.03. The van der Waals surface area contributed by atoms with Gasteiger partial charge in [0.2, 0.25) is 5.91 Å². The highest BCUT2D eigenvalue weighted by Crippen LogP contribution is 2.18. The second kappa shape index (κ2) is 7.77. The molecule has 0 radical (unpaired) electrons. The van der Waals surface area contributed by atoms with Crippen LogP contribution in [-0.2, 0) is 11.2 Å². The van der Waals surface area contributed by atoms with Gasteiger partial charge in [-0.3, -0.25) is 9.69 Å². The quantitative estimate of drug-likeness (QED) is 0.886. The largest absolute Gasteiger partial charge is 0.340 e. The number of carbonyl (C=O) groups is 1. The molecule has 1 aliphatic heterocycles. The predicted molar refractivity (Wildman–Crippen MR) is 98.9 cm³/mol. The summed E-state index contributed by atoms with van der Waals surface area (Å²) in [6.45, 7) is 6.14. The number of rotatable bonds is 6. The molecule has 0 bridgehead atoms. The van der Waals surface area contributed by atoms with Gasteiger partial charge in [-0.1, -0.05) is 49.4 Å². The van der Waals surface area contributed by atoms with Gasteiger partial charge in [0.15, 0.2) is 0 Å². The van der Waals surface area contributed by atoms with Crippen LogP contribution in [0.3, 0.4) is 0 Å². The van der Waals surface area contributed by atoms with E-state index in [2.05, 4.69) is 54.3 Å². The lowest BCUT2D eigenvalue weighted by molar-refractivity contribution is -0.141. The number of hydrogen-bond acceptors (Lipinski definition) is 3. The molecule has 0 spiro atoms. The van der Waals surface area contributed by atoms with Crippen molar-refractivity contribution in [3.8, 4) is 0 Å². The summed E-state index contributed by atoms with van der Waals surface area (Å²) in [7, 11) is 0. The summed E-state index contributed by atoms with van der Waals surface area (Å²) in [5.41, 5.74) is 6.99. The molecule has 1 saturated heterocycles. The third-order valence-corrected chi connectivity index (χ3v) is 5.03. The molecule has 1 amide bonds. The van der Waals surface area contributed by atoms with E-state index in [0.29, 0.717) is 6.54 Å². The van der Waals surface area contributed by atoms with Crippen LogP contribution < -0.4 is 5.73 Å². The van der Waals surface area contributed by atoms with Crippen LogP contribution in [-0.4, -0.2) is 54.5 Å². The van der Waals surface area contributed by atoms with Gasteiger partial charge < -0.3 is 10.6 Å². The molecular weight excluding hydrogens is 298 g/mol. The molecule has 4 heteroatoms. The number of hydrogen-bond donors (Lipinski definition) is 1. The van der Waals surface area contributed by atoms with Crippen molar-refractivity contribution >= 4 is 16.7 Å². The minimum atomic E-state index is -0.0367. The fourth-order valence-electron chi connectivity index (χ4n) is 3.60. The molecule has 0 aromatic heterocycles. The molecular formula is C20H27N3O. The zero-order valence-corrected chi connectivity index (χ0v) is 14.4. The normalized spacial score (nSPS) is 19.2. The first-order valence-electron chi connectivity index (χ1n) is 8.93. The van der Waals surface area contributed by atoms with Gasteiger partial charge in [-0.25, -0.2) is 0 Å². The molecule has 24 heavy (non-hydrogen) atoms. The van der Waals surface area contributed by atoms with Crippen molar-refractivity contribution in [2.75, 3.05) is 32.7 Å². The van der Waals surface area contributed by atoms with Crippen LogP contribution in [0.1, 0.15) is 18.9 Å². The molecule has 1 fully saturated rings. The van der Waals surface area contributed by atoms with Crippen molar-refractivity contribution in [3.63, 3.8) is 0 Å². The van der Waals surface area contributed by atoms with E-state index in [1.807, 2.05) is 4.90 Å². The zero-order chi connectivity index (χ0) is 16.9. The second-order valence-electron chi connectivity index (χ2n) is 6.48. The molecule has 3 rings (SSSR count). The molecule has 2 aromatic carbocycles. The molecule has 2 aromatic rings. The minimum absolute atomic E-state index is 0.0367. The van der Waals surface area contributed by atoms with E-state index in [9.17, 15) is 4.79 Å². The average Bonchev–Trinajstić information content (AvgIpc) is 2.62. The van der Waals surface area contributed by atoms with Gasteiger partial charge in [0.1, 0.15) is 0 Å². The van der Waals surface area contributed by atoms with Crippen molar-refractivity contribution in [1.29, 1.82) is 0 Å². The Morgan fingerprint density at radius 3 is 2.67 bits per heavy atom. The number of fused-ring (bicyclic) bond motifs is 1. The van der Waals surface area contributed by atoms with Crippen LogP contribution in [0.25, 0.3) is 10.8 Å². The SMILES string of the molecule is CCN1CCN(CCc2ccc3ccccc3c2)C(=O)[C@@H]1CCN. The van der Waals surface area contributed by atoms with Gasteiger partial charge >= 0.3 is 0 Å². The molecule has 1 atom stereocenters. The summed E-state index contributed by atoms with van der Waals surface area (Å²) < 4.78 is 0. The lowest BCUT2D eigenvalue weighted by Crippen LogP contribution is -2.57. The van der Waals surface area contributed by atoms with Crippen LogP contribution in [0.5, 0.6) is 0 Å². The number of benzene rings is 2. The molecule has 0 unspecified atom stereocenters. The van der Waals surface area contributed by atoms with Gasteiger partial charge in [0.25, 0.3) is 0 Å². The van der Waals surface area contributed by atoms with Gasteiger partial charge in [-0.2, -0.15) is 0 Å². The van der Waals surface area contributed by atoms with Crippen LogP contribution in [0.2, 0.25) is 0 Å². The summed E-state index contributed by atoms with van der Waals surface area (Å²) in [6.07, 6.45) is 1.65. The number of likely N-dealkylation sites (N-methyl/N-ethyl adjacent to an activating group) is 1. The fourth-order valence-corrected chi connectivity index (χ4v) is 3.60. The van der Waals surface area contributed by atoms with Crippen LogP contribution in [0.15, 0.2) is 42.5 Å². The van der Waals surface area contributed by atoms with E-state index in [0.717, 1.165) is 39.0 Å². The van der Waals surface area contributed by atoms with Gasteiger partial charge in [0, 0.05) is 19.6 Å². The number of amides is 1. The van der Waals surface area contributed by atoms with E-state index < -0.39 is 0 Å². The van der Waals surface area contributed by atoms with Crippen LogP contribution in [0.4, 0.5) is 0 Å². The van der Waals surface area contributed by atoms with Crippen molar-refractivity contribution in [2.24, 2.45) is 5.73 Å². The van der Waals surface area contributed by atoms with Gasteiger partial charge in [-0.15, -0.1) is 0 Å². The van der Waals surface area contributed by atoms with Crippen molar-refractivity contribution in [1.82, 2.24) is 9.80 Å². The number of piperazine rings is 1. The third kappa shape index (κ3) is 3.60. The first kappa shape index (κ1) is 16.9. The van der Waals surface area contributed by atoms with Crippen LogP contribution >= 0.6 is 0 Å². The predicted octanol–water partition coefficient (Wildman–Crippen LogP) is 2.26. The topological polar surface area (TPSA) is 49.6 Å². The first-order valence-corrected chi connectivity index (χ1v) is 8.93. The molecule has 0 aliphatic carbocycles. The zero-order valence-electron chi connectivity index (χ0n) is 14.4. The molecule has 1 aliphatic rings. The second-order valence-corrected chi connectivity index (χ2v) is 6.48. The van der Waals surface area contributed by atoms with Crippen molar-refractivity contribution in [2.45, 2.75) is 25.8 Å². The Kier molecular flexibility index (Phi) is 5.48. The molecule has 4 nitrogen and oxygen atoms in total. The Morgan fingerprint density at radius 2 is 1.92 bits per heavy atom. The summed E-state index contributed by atoms with van der Waals surface area (Å²) in [6, 6.07) is 14.9. The van der Waals surface area contributed by atoms with Gasteiger partial charge in [0.05, 0.1) is 6.04 Å². The Balaban J connectivity index is 1.65. The summed E-state index contributed by atoms with van der Waals surface area (Å²) in [5.74, 6) is 0.245. The molecule has 0 saturated carbocycles. The van der Waals surface area contributed by atoms with E-state index in [4.69, 9.17) is 5.73 Å². The van der Waals surface area contributed by atoms with Crippen LogP contribution in [0, 0.1) is 0 Å². The molecule has 2 N–H and O–H groups in total. The lowest BCUT2D eigenvalue weighted by Gasteiger charge is -2.40. The average molecular weight is 325 g/mol. The highest BCUT2D eigenvalue weighted by atomic mass is 16.2. The number of nitrogens with two attached hydrogens (primary N) is 1. The maximum Gasteiger partial charge on any atom is 0.240 e. The lowest BCUT2D eigenvalue weighted by atomic mass is 10.0. The first-order chi connectivity index (χ1) is 11.7. The monoisotopic (exact) mass is 325 g/mol. The maximum atomic E-state index is 12.7. The standard InChI is InChI=1S/C20H27N3O/c1-2-22-13-14-23(20(24)19(22)9-11-21)12-10-16-7-8-17-5-3-4-6-18(17)15-16/h3-8,15,19H,2,9-14,21H2,1H3/t19-/m0/s1. The summed E-state index contributed by atoms with van der Waals surface area (Å²) in [4.78, 5) is 17.0. The van der Waals surface area contributed by atoms with E-state index in [1.165, 1.54) is 16.3 Å². The fraction of sp³-hybridized carbons (Fsp3) is 0.450. The number of carbonyl (C=O) groups excluding carboxylic acids is 1. The maximum absolute atomic E-state index is 12.7. The summed E-state index contributed by atoms with van der Waals surface area (Å²) in [5, 5.41) is 2.52. The Bertz CT molecular complexity index is 700. The highest BCUT2D eigenvalue weighted by molar-refractivity contribution is 5.83. The van der Waals surface area contributed by atoms with E-state index in [-0.39, 0.29) is 11.9 Å².